The van der Waals surface area contributed by atoms with Crippen molar-refractivity contribution in [2.24, 2.45) is 0 Å². The molecule has 0 saturated heterocycles. The zero-order valence-corrected chi connectivity index (χ0v) is 33.5. The monoisotopic (exact) mass is 764 g/mol. The minimum Gasteiger partial charge on any atom is -0.309 e. The SMILES string of the molecule is Cc1c(-c2ccc3c(c2)c2ccccc2n3-c2ccc(-c3c4ccccc4c(-c4ccccc4)c4ccccc34)cc2)ccc(-n2c3ccccc3c3ccccc32)c1C. The van der Waals surface area contributed by atoms with Gasteiger partial charge in [0.05, 0.1) is 22.1 Å². The van der Waals surface area contributed by atoms with E-state index in [2.05, 4.69) is 229 Å². The lowest BCUT2D eigenvalue weighted by molar-refractivity contribution is 1.13. The van der Waals surface area contributed by atoms with Gasteiger partial charge in [-0.1, -0.05) is 158 Å². The summed E-state index contributed by atoms with van der Waals surface area (Å²) in [7, 11) is 0. The van der Waals surface area contributed by atoms with E-state index in [9.17, 15) is 0 Å². The van der Waals surface area contributed by atoms with Gasteiger partial charge in [-0.3, -0.25) is 0 Å². The zero-order chi connectivity index (χ0) is 39.9. The Balaban J connectivity index is 0.978. The van der Waals surface area contributed by atoms with E-state index in [1.165, 1.54) is 115 Å². The lowest BCUT2D eigenvalue weighted by Gasteiger charge is -2.18. The van der Waals surface area contributed by atoms with E-state index in [0.717, 1.165) is 5.69 Å². The van der Waals surface area contributed by atoms with Crippen LogP contribution in [0.1, 0.15) is 11.1 Å². The Morgan fingerprint density at radius 2 is 0.700 bits per heavy atom. The van der Waals surface area contributed by atoms with Gasteiger partial charge in [0.25, 0.3) is 0 Å². The van der Waals surface area contributed by atoms with Gasteiger partial charge in [-0.15, -0.1) is 0 Å². The first kappa shape index (κ1) is 34.4. The first-order valence-electron chi connectivity index (χ1n) is 20.9. The number of aromatic nitrogens is 2. The summed E-state index contributed by atoms with van der Waals surface area (Å²) in [5.74, 6) is 0. The van der Waals surface area contributed by atoms with Crippen molar-refractivity contribution in [2.45, 2.75) is 13.8 Å². The minimum atomic E-state index is 1.15. The molecule has 2 nitrogen and oxygen atoms in total. The lowest BCUT2D eigenvalue weighted by atomic mass is 9.86. The maximum Gasteiger partial charge on any atom is 0.0541 e. The second kappa shape index (κ2) is 13.4. The molecule has 2 aromatic heterocycles. The van der Waals surface area contributed by atoms with E-state index >= 15 is 0 Å². The third kappa shape index (κ3) is 5.07. The maximum atomic E-state index is 2.43. The Bertz CT molecular complexity index is 3550. The van der Waals surface area contributed by atoms with Gasteiger partial charge in [-0.2, -0.15) is 0 Å². The van der Waals surface area contributed by atoms with E-state index in [-0.39, 0.29) is 0 Å². The van der Waals surface area contributed by atoms with Crippen molar-refractivity contribution in [2.75, 3.05) is 0 Å². The van der Waals surface area contributed by atoms with Gasteiger partial charge < -0.3 is 9.13 Å². The Kier molecular flexibility index (Phi) is 7.70. The molecule has 0 unspecified atom stereocenters. The van der Waals surface area contributed by atoms with Gasteiger partial charge in [-0.05, 0) is 128 Å². The van der Waals surface area contributed by atoms with Crippen LogP contribution in [0.4, 0.5) is 0 Å². The van der Waals surface area contributed by atoms with Gasteiger partial charge in [0.1, 0.15) is 0 Å². The number of hydrogen-bond donors (Lipinski definition) is 0. The van der Waals surface area contributed by atoms with Crippen molar-refractivity contribution >= 4 is 65.2 Å². The van der Waals surface area contributed by atoms with E-state index < -0.39 is 0 Å². The van der Waals surface area contributed by atoms with Crippen LogP contribution in [0.15, 0.2) is 206 Å². The highest BCUT2D eigenvalue weighted by Gasteiger charge is 2.20. The fourth-order valence-corrected chi connectivity index (χ4v) is 10.1. The summed E-state index contributed by atoms with van der Waals surface area (Å²) in [4.78, 5) is 0. The molecule has 12 rings (SSSR count). The smallest absolute Gasteiger partial charge is 0.0541 e. The lowest BCUT2D eigenvalue weighted by Crippen LogP contribution is -2.00. The second-order valence-electron chi connectivity index (χ2n) is 16.1. The van der Waals surface area contributed by atoms with E-state index in [4.69, 9.17) is 0 Å². The van der Waals surface area contributed by atoms with Gasteiger partial charge in [0.2, 0.25) is 0 Å². The summed E-state index contributed by atoms with van der Waals surface area (Å²) >= 11 is 0. The number of benzene rings is 10. The molecule has 0 atom stereocenters. The standard InChI is InChI=1S/C58H40N2/c1-37-38(2)52(60-54-26-14-10-18-44(54)45-19-11-15-27-55(45)60)35-33-43(37)41-30-34-56-51(36-41)46-20-12-13-25-53(46)59(56)42-31-28-40(29-32-42)58-49-23-8-6-21-47(49)57(39-16-4-3-5-17-39)48-22-7-9-24-50(48)58/h3-36H,1-2H3. The second-order valence-corrected chi connectivity index (χ2v) is 16.1. The molecule has 2 heteroatoms. The molecule has 60 heavy (non-hydrogen) atoms. The largest absolute Gasteiger partial charge is 0.309 e. The average Bonchev–Trinajstić information content (AvgIpc) is 3.82. The van der Waals surface area contributed by atoms with Crippen molar-refractivity contribution < 1.29 is 0 Å². The Labute approximate surface area is 348 Å². The van der Waals surface area contributed by atoms with Crippen LogP contribution in [0, 0.1) is 13.8 Å². The number of para-hydroxylation sites is 3. The molecule has 0 amide bonds. The highest BCUT2D eigenvalue weighted by molar-refractivity contribution is 6.21. The number of nitrogens with zero attached hydrogens (tertiary/aromatic N) is 2. The van der Waals surface area contributed by atoms with Crippen LogP contribution in [0.5, 0.6) is 0 Å². The molecule has 0 aliphatic rings. The van der Waals surface area contributed by atoms with Crippen molar-refractivity contribution in [1.82, 2.24) is 9.13 Å². The summed E-state index contributed by atoms with van der Waals surface area (Å²) in [6.45, 7) is 4.55. The number of fused-ring (bicyclic) bond motifs is 8. The highest BCUT2D eigenvalue weighted by Crippen LogP contribution is 2.44. The van der Waals surface area contributed by atoms with E-state index in [1.807, 2.05) is 0 Å². The molecule has 0 N–H and O–H groups in total. The maximum absolute atomic E-state index is 2.43. The van der Waals surface area contributed by atoms with Crippen LogP contribution >= 0.6 is 0 Å². The first-order valence-corrected chi connectivity index (χ1v) is 20.9. The quantitative estimate of drug-likeness (QED) is 0.155. The average molecular weight is 765 g/mol. The van der Waals surface area contributed by atoms with E-state index in [0.29, 0.717) is 0 Å². The van der Waals surface area contributed by atoms with Gasteiger partial charge in [0.15, 0.2) is 0 Å². The number of hydrogen-bond acceptors (Lipinski definition) is 0. The summed E-state index contributed by atoms with van der Waals surface area (Å²) in [6, 6.07) is 75.8. The topological polar surface area (TPSA) is 9.86 Å². The summed E-state index contributed by atoms with van der Waals surface area (Å²) in [5.41, 5.74) is 17.3. The van der Waals surface area contributed by atoms with Crippen LogP contribution < -0.4 is 0 Å². The predicted octanol–water partition coefficient (Wildman–Crippen LogP) is 15.8. The Hall–Kier alpha value is -7.68. The fourth-order valence-electron chi connectivity index (χ4n) is 10.1. The molecule has 2 heterocycles. The molecule has 0 bridgehead atoms. The van der Waals surface area contributed by atoms with Crippen LogP contribution in [-0.2, 0) is 0 Å². The zero-order valence-electron chi connectivity index (χ0n) is 33.5. The number of rotatable bonds is 5. The Morgan fingerprint density at radius 1 is 0.283 bits per heavy atom. The van der Waals surface area contributed by atoms with Crippen LogP contribution in [0.2, 0.25) is 0 Å². The highest BCUT2D eigenvalue weighted by atomic mass is 15.0. The third-order valence-corrected chi connectivity index (χ3v) is 13.0. The van der Waals surface area contributed by atoms with Crippen LogP contribution in [-0.4, -0.2) is 9.13 Å². The molecular weight excluding hydrogens is 725 g/mol. The molecule has 282 valence electrons. The van der Waals surface area contributed by atoms with Crippen LogP contribution in [0.25, 0.3) is 110 Å². The molecular formula is C58H40N2. The molecule has 10 aromatic carbocycles. The normalized spacial score (nSPS) is 11.8. The van der Waals surface area contributed by atoms with Gasteiger partial charge in [0, 0.05) is 32.9 Å². The molecule has 0 radical (unpaired) electrons. The molecule has 12 aromatic rings. The predicted molar refractivity (Wildman–Crippen MR) is 256 cm³/mol. The van der Waals surface area contributed by atoms with Crippen molar-refractivity contribution in [3.05, 3.63) is 217 Å². The molecule has 0 fully saturated rings. The van der Waals surface area contributed by atoms with Crippen LogP contribution in [0.3, 0.4) is 0 Å². The molecule has 0 aliphatic carbocycles. The first-order chi connectivity index (χ1) is 29.6. The minimum absolute atomic E-state index is 1.15. The fraction of sp³-hybridized carbons (Fsp3) is 0.0345. The summed E-state index contributed by atoms with van der Waals surface area (Å²) in [5, 5.41) is 10.1. The third-order valence-electron chi connectivity index (χ3n) is 13.0. The summed E-state index contributed by atoms with van der Waals surface area (Å²) in [6.07, 6.45) is 0. The molecule has 0 aliphatic heterocycles. The van der Waals surface area contributed by atoms with Gasteiger partial charge in [-0.25, -0.2) is 0 Å². The molecule has 0 saturated carbocycles. The summed E-state index contributed by atoms with van der Waals surface area (Å²) < 4.78 is 4.86. The van der Waals surface area contributed by atoms with Crippen molar-refractivity contribution in [1.29, 1.82) is 0 Å². The molecule has 0 spiro atoms. The Morgan fingerprint density at radius 3 is 1.25 bits per heavy atom. The van der Waals surface area contributed by atoms with E-state index in [1.54, 1.807) is 0 Å². The van der Waals surface area contributed by atoms with Crippen molar-refractivity contribution in [3.63, 3.8) is 0 Å². The van der Waals surface area contributed by atoms with Crippen molar-refractivity contribution in [3.8, 4) is 44.8 Å². The van der Waals surface area contributed by atoms with Gasteiger partial charge >= 0.3 is 0 Å².